The van der Waals surface area contributed by atoms with Crippen molar-refractivity contribution in [2.24, 2.45) is 0 Å². The third-order valence-electron chi connectivity index (χ3n) is 0.812. The fourth-order valence-electron chi connectivity index (χ4n) is 0.411. The first kappa shape index (κ1) is 9.85. The quantitative estimate of drug-likeness (QED) is 0.364. The standard InChI is InChI=1S/C5H11O4P/c1-2-3-4-5-9-10(6,7)8/h2H,1,3-5H2,(H2,6,7,8). The third kappa shape index (κ3) is 7.85. The molecule has 0 aromatic carbocycles. The van der Waals surface area contributed by atoms with Gasteiger partial charge in [-0.15, -0.1) is 6.58 Å². The Morgan fingerprint density at radius 1 is 1.60 bits per heavy atom. The van der Waals surface area contributed by atoms with Crippen LogP contribution in [0.1, 0.15) is 12.8 Å². The van der Waals surface area contributed by atoms with Crippen LogP contribution >= 0.6 is 7.82 Å². The largest absolute Gasteiger partial charge is 0.469 e. The van der Waals surface area contributed by atoms with Gasteiger partial charge in [0.1, 0.15) is 0 Å². The molecule has 5 heteroatoms. The molecule has 10 heavy (non-hydrogen) atoms. The zero-order chi connectivity index (χ0) is 8.04. The zero-order valence-electron chi connectivity index (χ0n) is 5.56. The second-order valence-electron chi connectivity index (χ2n) is 1.75. The van der Waals surface area contributed by atoms with Crippen molar-refractivity contribution in [3.05, 3.63) is 12.7 Å². The summed E-state index contributed by atoms with van der Waals surface area (Å²) in [5.74, 6) is 0. The van der Waals surface area contributed by atoms with Gasteiger partial charge in [-0.1, -0.05) is 6.08 Å². The summed E-state index contributed by atoms with van der Waals surface area (Å²) in [5.41, 5.74) is 0. The van der Waals surface area contributed by atoms with E-state index in [1.165, 1.54) is 0 Å². The predicted molar refractivity (Wildman–Crippen MR) is 37.4 cm³/mol. The molecule has 0 saturated heterocycles. The Balaban J connectivity index is 3.20. The first-order valence-corrected chi connectivity index (χ1v) is 4.40. The number of hydrogen-bond acceptors (Lipinski definition) is 2. The summed E-state index contributed by atoms with van der Waals surface area (Å²) in [6, 6.07) is 0. The molecule has 0 aromatic rings. The average molecular weight is 166 g/mol. The zero-order valence-corrected chi connectivity index (χ0v) is 6.46. The molecule has 0 heterocycles. The number of phosphoric ester groups is 1. The minimum absolute atomic E-state index is 0.0797. The molecule has 0 aliphatic carbocycles. The fraction of sp³-hybridized carbons (Fsp3) is 0.600. The van der Waals surface area contributed by atoms with E-state index in [0.29, 0.717) is 12.8 Å². The third-order valence-corrected chi connectivity index (χ3v) is 1.33. The maximum atomic E-state index is 10.0. The molecule has 0 saturated carbocycles. The van der Waals surface area contributed by atoms with Crippen molar-refractivity contribution in [1.29, 1.82) is 0 Å². The minimum atomic E-state index is -4.24. The molecule has 0 atom stereocenters. The highest BCUT2D eigenvalue weighted by Crippen LogP contribution is 2.35. The molecule has 60 valence electrons. The van der Waals surface area contributed by atoms with Crippen LogP contribution in [0, 0.1) is 0 Å². The fourth-order valence-corrected chi connectivity index (χ4v) is 0.778. The molecule has 0 aliphatic heterocycles. The van der Waals surface area contributed by atoms with Crippen molar-refractivity contribution in [2.45, 2.75) is 12.8 Å². The van der Waals surface area contributed by atoms with Gasteiger partial charge in [-0.25, -0.2) is 4.57 Å². The first-order chi connectivity index (χ1) is 4.56. The van der Waals surface area contributed by atoms with E-state index in [4.69, 9.17) is 9.79 Å². The van der Waals surface area contributed by atoms with Crippen LogP contribution in [0.2, 0.25) is 0 Å². The van der Waals surface area contributed by atoms with Gasteiger partial charge < -0.3 is 9.79 Å². The Hall–Kier alpha value is -0.150. The molecule has 0 aliphatic rings. The minimum Gasteiger partial charge on any atom is -0.303 e. The van der Waals surface area contributed by atoms with Gasteiger partial charge in [0.25, 0.3) is 0 Å². The van der Waals surface area contributed by atoms with Gasteiger partial charge in [-0.05, 0) is 12.8 Å². The first-order valence-electron chi connectivity index (χ1n) is 2.87. The normalized spacial score (nSPS) is 11.4. The molecule has 0 bridgehead atoms. The maximum Gasteiger partial charge on any atom is 0.469 e. The lowest BCUT2D eigenvalue weighted by atomic mass is 10.3. The van der Waals surface area contributed by atoms with Gasteiger partial charge in [-0.3, -0.25) is 4.52 Å². The summed E-state index contributed by atoms with van der Waals surface area (Å²) in [7, 11) is -4.24. The number of unbranched alkanes of at least 4 members (excludes halogenated alkanes) is 1. The van der Waals surface area contributed by atoms with E-state index in [-0.39, 0.29) is 6.61 Å². The monoisotopic (exact) mass is 166 g/mol. The topological polar surface area (TPSA) is 66.8 Å². The lowest BCUT2D eigenvalue weighted by Crippen LogP contribution is -1.90. The van der Waals surface area contributed by atoms with Gasteiger partial charge in [0, 0.05) is 0 Å². The van der Waals surface area contributed by atoms with E-state index in [1.807, 2.05) is 0 Å². The van der Waals surface area contributed by atoms with E-state index in [2.05, 4.69) is 11.1 Å². The van der Waals surface area contributed by atoms with E-state index in [9.17, 15) is 4.57 Å². The number of hydrogen-bond donors (Lipinski definition) is 2. The average Bonchev–Trinajstić information content (AvgIpc) is 1.78. The van der Waals surface area contributed by atoms with Crippen LogP contribution in [0.5, 0.6) is 0 Å². The molecule has 0 amide bonds. The molecule has 4 nitrogen and oxygen atoms in total. The summed E-state index contributed by atoms with van der Waals surface area (Å²) < 4.78 is 14.2. The highest BCUT2D eigenvalue weighted by Gasteiger charge is 2.11. The van der Waals surface area contributed by atoms with Crippen LogP contribution in [-0.4, -0.2) is 16.4 Å². The van der Waals surface area contributed by atoms with Crippen LogP contribution in [-0.2, 0) is 9.09 Å². The molecular weight excluding hydrogens is 155 g/mol. The second kappa shape index (κ2) is 4.63. The van der Waals surface area contributed by atoms with Crippen molar-refractivity contribution in [3.8, 4) is 0 Å². The lowest BCUT2D eigenvalue weighted by Gasteiger charge is -2.02. The van der Waals surface area contributed by atoms with E-state index >= 15 is 0 Å². The van der Waals surface area contributed by atoms with Crippen molar-refractivity contribution in [1.82, 2.24) is 0 Å². The summed E-state index contributed by atoms with van der Waals surface area (Å²) >= 11 is 0. The number of rotatable bonds is 5. The molecule has 0 rings (SSSR count). The Bertz CT molecular complexity index is 139. The van der Waals surface area contributed by atoms with E-state index < -0.39 is 7.82 Å². The molecular formula is C5H11O4P. The molecule has 0 spiro atoms. The van der Waals surface area contributed by atoms with Crippen LogP contribution in [0.4, 0.5) is 0 Å². The van der Waals surface area contributed by atoms with E-state index in [0.717, 1.165) is 0 Å². The maximum absolute atomic E-state index is 10.0. The highest BCUT2D eigenvalue weighted by molar-refractivity contribution is 7.46. The van der Waals surface area contributed by atoms with Crippen LogP contribution in [0.25, 0.3) is 0 Å². The Morgan fingerprint density at radius 3 is 2.60 bits per heavy atom. The summed E-state index contributed by atoms with van der Waals surface area (Å²) in [6.45, 7) is 3.52. The molecule has 2 N–H and O–H groups in total. The van der Waals surface area contributed by atoms with Gasteiger partial charge in [0.2, 0.25) is 0 Å². The summed E-state index contributed by atoms with van der Waals surface area (Å²) in [4.78, 5) is 16.4. The Morgan fingerprint density at radius 2 is 2.20 bits per heavy atom. The van der Waals surface area contributed by atoms with Crippen molar-refractivity contribution >= 4 is 7.82 Å². The smallest absolute Gasteiger partial charge is 0.303 e. The van der Waals surface area contributed by atoms with Crippen LogP contribution in [0.15, 0.2) is 12.7 Å². The second-order valence-corrected chi connectivity index (χ2v) is 2.99. The molecule has 0 unspecified atom stereocenters. The van der Waals surface area contributed by atoms with Crippen molar-refractivity contribution in [2.75, 3.05) is 6.61 Å². The Kier molecular flexibility index (Phi) is 4.56. The SMILES string of the molecule is C=CCCCOP(=O)(O)O. The highest BCUT2D eigenvalue weighted by atomic mass is 31.2. The lowest BCUT2D eigenvalue weighted by molar-refractivity contribution is 0.195. The summed E-state index contributed by atoms with van der Waals surface area (Å²) in [5, 5.41) is 0. The number of phosphoric acid groups is 1. The predicted octanol–water partition coefficient (Wildman–Crippen LogP) is 1.06. The van der Waals surface area contributed by atoms with Crippen molar-refractivity contribution in [3.63, 3.8) is 0 Å². The number of allylic oxidation sites excluding steroid dienone is 1. The molecule has 0 radical (unpaired) electrons. The Labute approximate surface area is 59.8 Å². The molecule has 0 fully saturated rings. The van der Waals surface area contributed by atoms with Gasteiger partial charge in [-0.2, -0.15) is 0 Å². The van der Waals surface area contributed by atoms with Crippen molar-refractivity contribution < 1.29 is 18.9 Å². The van der Waals surface area contributed by atoms with Crippen LogP contribution in [0.3, 0.4) is 0 Å². The van der Waals surface area contributed by atoms with Gasteiger partial charge >= 0.3 is 7.82 Å². The summed E-state index contributed by atoms with van der Waals surface area (Å²) in [6.07, 6.45) is 2.97. The van der Waals surface area contributed by atoms with Gasteiger partial charge in [0.05, 0.1) is 6.61 Å². The molecule has 0 aromatic heterocycles. The van der Waals surface area contributed by atoms with E-state index in [1.54, 1.807) is 6.08 Å². The van der Waals surface area contributed by atoms with Crippen LogP contribution < -0.4 is 0 Å². The van der Waals surface area contributed by atoms with Gasteiger partial charge in [0.15, 0.2) is 0 Å².